The van der Waals surface area contributed by atoms with Gasteiger partial charge >= 0.3 is 0 Å². The molecule has 0 amide bonds. The van der Waals surface area contributed by atoms with Crippen molar-refractivity contribution < 1.29 is 9.59 Å². The van der Waals surface area contributed by atoms with Crippen molar-refractivity contribution in [3.63, 3.8) is 0 Å². The summed E-state index contributed by atoms with van der Waals surface area (Å²) in [5.74, 6) is 0. The molecule has 0 aliphatic heterocycles. The first-order valence-electron chi connectivity index (χ1n) is 7.72. The van der Waals surface area contributed by atoms with Crippen molar-refractivity contribution in [3.8, 4) is 0 Å². The Hall–Kier alpha value is 0.960. The number of hydrogen-bond acceptors (Lipinski definition) is 4. The standard InChI is InChI=1S/2C8H3Br4NO.C2H6/c2*9-5-3(1-13)4(2-14)6(10)8(12)7(5)11;1-2/h2*1-2,13H;1-2H3. The Balaban J connectivity index is 0.000000518. The van der Waals surface area contributed by atoms with Crippen LogP contribution in [0.25, 0.3) is 0 Å². The maximum absolute atomic E-state index is 10.8. The van der Waals surface area contributed by atoms with Gasteiger partial charge in [-0.3, -0.25) is 9.59 Å². The third kappa shape index (κ3) is 6.98. The van der Waals surface area contributed by atoms with Crippen LogP contribution in [0.5, 0.6) is 0 Å². The summed E-state index contributed by atoms with van der Waals surface area (Å²) in [6.45, 7) is 4.00. The van der Waals surface area contributed by atoms with Gasteiger partial charge in [0, 0.05) is 70.5 Å². The SMILES string of the molecule is CC.N=Cc1c(Br)c(Br)c(Br)c(Br)c1C=O.N=Cc1c(Br)c(Br)c(Br)c(Br)c1C=O. The number of hydrogen-bond donors (Lipinski definition) is 2. The van der Waals surface area contributed by atoms with Gasteiger partial charge in [0.25, 0.3) is 0 Å². The van der Waals surface area contributed by atoms with E-state index in [0.717, 1.165) is 30.3 Å². The molecule has 2 aromatic carbocycles. The largest absolute Gasteiger partial charge is 0.308 e. The fourth-order valence-electron chi connectivity index (χ4n) is 1.84. The Kier molecular flexibility index (Phi) is 15.5. The molecule has 2 aromatic rings. The van der Waals surface area contributed by atoms with Gasteiger partial charge in [-0.05, 0) is 127 Å². The minimum atomic E-state index is 0.446. The number of aldehydes is 2. The van der Waals surface area contributed by atoms with Crippen LogP contribution in [0.2, 0.25) is 0 Å². The van der Waals surface area contributed by atoms with Crippen LogP contribution in [0.4, 0.5) is 0 Å². The zero-order valence-corrected chi connectivity index (χ0v) is 27.8. The van der Waals surface area contributed by atoms with Crippen LogP contribution in [0.1, 0.15) is 45.7 Å². The van der Waals surface area contributed by atoms with Crippen molar-refractivity contribution in [1.29, 1.82) is 10.8 Å². The van der Waals surface area contributed by atoms with Crippen LogP contribution in [0.3, 0.4) is 0 Å². The fraction of sp³-hybridized carbons (Fsp3) is 0.111. The Morgan fingerprint density at radius 1 is 0.467 bits per heavy atom. The van der Waals surface area contributed by atoms with Crippen LogP contribution in [-0.2, 0) is 0 Å². The predicted octanol–water partition coefficient (Wildman–Crippen LogP) is 10.1. The molecular formula is C18H12Br8N2O2. The molecule has 0 aliphatic rings. The molecule has 4 nitrogen and oxygen atoms in total. The van der Waals surface area contributed by atoms with Gasteiger partial charge in [0.2, 0.25) is 0 Å². The van der Waals surface area contributed by atoms with Crippen molar-refractivity contribution >= 4 is 152 Å². The van der Waals surface area contributed by atoms with Crippen LogP contribution in [0.15, 0.2) is 35.8 Å². The minimum absolute atomic E-state index is 0.446. The number of benzene rings is 2. The van der Waals surface area contributed by atoms with Crippen molar-refractivity contribution in [2.24, 2.45) is 0 Å². The van der Waals surface area contributed by atoms with E-state index in [-0.39, 0.29) is 0 Å². The average Bonchev–Trinajstić information content (AvgIpc) is 2.77. The Morgan fingerprint density at radius 3 is 0.833 bits per heavy atom. The van der Waals surface area contributed by atoms with Crippen molar-refractivity contribution in [2.45, 2.75) is 13.8 Å². The molecule has 0 fully saturated rings. The molecule has 0 heterocycles. The summed E-state index contributed by atoms with van der Waals surface area (Å²) in [5, 5.41) is 14.4. The molecule has 0 aromatic heterocycles. The molecular weight excluding hydrogens is 915 g/mol. The van der Waals surface area contributed by atoms with Gasteiger partial charge in [-0.1, -0.05) is 13.8 Å². The second kappa shape index (κ2) is 15.0. The van der Waals surface area contributed by atoms with Crippen molar-refractivity contribution in [3.05, 3.63) is 58.0 Å². The lowest BCUT2D eigenvalue weighted by Crippen LogP contribution is -1.96. The van der Waals surface area contributed by atoms with E-state index in [1.54, 1.807) is 0 Å². The molecule has 2 rings (SSSR count). The second-order valence-electron chi connectivity index (χ2n) is 4.69. The third-order valence-corrected chi connectivity index (χ3v) is 12.9. The van der Waals surface area contributed by atoms with Gasteiger partial charge in [0.05, 0.1) is 0 Å². The van der Waals surface area contributed by atoms with E-state index in [4.69, 9.17) is 10.8 Å². The van der Waals surface area contributed by atoms with Gasteiger partial charge in [0.15, 0.2) is 12.6 Å². The highest BCUT2D eigenvalue weighted by Crippen LogP contribution is 2.41. The van der Waals surface area contributed by atoms with E-state index < -0.39 is 0 Å². The molecule has 0 spiro atoms. The van der Waals surface area contributed by atoms with Gasteiger partial charge in [0.1, 0.15) is 0 Å². The highest BCUT2D eigenvalue weighted by atomic mass is 79.9. The number of rotatable bonds is 4. The third-order valence-electron chi connectivity index (χ3n) is 3.21. The maximum Gasteiger partial charge on any atom is 0.151 e. The fourth-order valence-corrected chi connectivity index (χ4v) is 6.62. The highest BCUT2D eigenvalue weighted by molar-refractivity contribution is 9.15. The summed E-state index contributed by atoms with van der Waals surface area (Å²) in [6.07, 6.45) is 3.70. The molecule has 0 atom stereocenters. The maximum atomic E-state index is 10.8. The summed E-state index contributed by atoms with van der Waals surface area (Å²) < 4.78 is 5.69. The highest BCUT2D eigenvalue weighted by Gasteiger charge is 2.18. The van der Waals surface area contributed by atoms with E-state index in [1.165, 1.54) is 0 Å². The molecule has 0 radical (unpaired) electrons. The molecule has 2 N–H and O–H groups in total. The molecule has 0 bridgehead atoms. The smallest absolute Gasteiger partial charge is 0.151 e. The number of halogens is 8. The van der Waals surface area contributed by atoms with Crippen LogP contribution in [-0.4, -0.2) is 25.0 Å². The second-order valence-corrected chi connectivity index (χ2v) is 11.0. The topological polar surface area (TPSA) is 81.8 Å². The molecule has 0 saturated carbocycles. The zero-order valence-electron chi connectivity index (χ0n) is 15.1. The van der Waals surface area contributed by atoms with Crippen LogP contribution < -0.4 is 0 Å². The number of carbonyl (C=O) groups excluding carboxylic acids is 2. The van der Waals surface area contributed by atoms with E-state index >= 15 is 0 Å². The Bertz CT molecular complexity index is 836. The van der Waals surface area contributed by atoms with E-state index in [2.05, 4.69) is 127 Å². The molecule has 0 saturated heterocycles. The lowest BCUT2D eigenvalue weighted by Gasteiger charge is -2.09. The average molecular weight is 928 g/mol. The number of carbonyl (C=O) groups is 2. The van der Waals surface area contributed by atoms with Gasteiger partial charge in [-0.25, -0.2) is 0 Å². The molecule has 12 heteroatoms. The van der Waals surface area contributed by atoms with Gasteiger partial charge < -0.3 is 10.8 Å². The van der Waals surface area contributed by atoms with E-state index in [1.807, 2.05) is 13.8 Å². The predicted molar refractivity (Wildman–Crippen MR) is 152 cm³/mol. The van der Waals surface area contributed by atoms with Gasteiger partial charge in [-0.2, -0.15) is 0 Å². The summed E-state index contributed by atoms with van der Waals surface area (Å²) in [6, 6.07) is 0. The quantitative estimate of drug-likeness (QED) is 0.139. The first-order valence-corrected chi connectivity index (χ1v) is 14.1. The molecule has 162 valence electrons. The van der Waals surface area contributed by atoms with Crippen LogP contribution >= 0.6 is 127 Å². The normalized spacial score (nSPS) is 9.53. The molecule has 0 unspecified atom stereocenters. The van der Waals surface area contributed by atoms with Crippen molar-refractivity contribution in [1.82, 2.24) is 0 Å². The first kappa shape index (κ1) is 31.0. The van der Waals surface area contributed by atoms with Crippen molar-refractivity contribution in [2.75, 3.05) is 0 Å². The lowest BCUT2D eigenvalue weighted by atomic mass is 10.1. The minimum Gasteiger partial charge on any atom is -0.308 e. The molecule has 30 heavy (non-hydrogen) atoms. The monoisotopic (exact) mass is 919 g/mol. The lowest BCUT2D eigenvalue weighted by molar-refractivity contribution is 0.111. The first-order chi connectivity index (χ1) is 14.1. The van der Waals surface area contributed by atoms with Crippen LogP contribution in [0, 0.1) is 10.8 Å². The van der Waals surface area contributed by atoms with E-state index in [9.17, 15) is 9.59 Å². The van der Waals surface area contributed by atoms with E-state index in [0.29, 0.717) is 52.7 Å². The summed E-state index contributed by atoms with van der Waals surface area (Å²) in [4.78, 5) is 21.7. The van der Waals surface area contributed by atoms with Gasteiger partial charge in [-0.15, -0.1) is 0 Å². The Labute approximate surface area is 241 Å². The number of nitrogens with one attached hydrogen (secondary N) is 2. The zero-order chi connectivity index (χ0) is 23.8. The summed E-state index contributed by atoms with van der Waals surface area (Å²) >= 11 is 26.5. The molecule has 0 aliphatic carbocycles. The summed E-state index contributed by atoms with van der Waals surface area (Å²) in [7, 11) is 0. The Morgan fingerprint density at radius 2 is 0.667 bits per heavy atom. The summed E-state index contributed by atoms with van der Waals surface area (Å²) in [5.41, 5.74) is 1.98.